The van der Waals surface area contributed by atoms with Crippen molar-refractivity contribution in [3.05, 3.63) is 59.2 Å². The van der Waals surface area contributed by atoms with Crippen molar-refractivity contribution < 1.29 is 14.3 Å². The fourth-order valence-electron chi connectivity index (χ4n) is 3.14. The summed E-state index contributed by atoms with van der Waals surface area (Å²) in [6.07, 6.45) is 5.50. The second-order valence-electron chi connectivity index (χ2n) is 6.53. The summed E-state index contributed by atoms with van der Waals surface area (Å²) in [5.41, 5.74) is 3.76. The van der Waals surface area contributed by atoms with Gasteiger partial charge in [0.25, 0.3) is 5.91 Å². The number of esters is 1. The van der Waals surface area contributed by atoms with Crippen LogP contribution in [0.15, 0.2) is 42.4 Å². The number of carbonyl (C=O) groups is 2. The minimum absolute atomic E-state index is 0.297. The summed E-state index contributed by atoms with van der Waals surface area (Å²) in [6, 6.07) is 7.14. The number of nitrogens with one attached hydrogen (secondary N) is 1. The zero-order valence-corrected chi connectivity index (χ0v) is 16.3. The third kappa shape index (κ3) is 4.58. The molecule has 1 N–H and O–H groups in total. The highest BCUT2D eigenvalue weighted by atomic mass is 16.5. The number of amides is 1. The van der Waals surface area contributed by atoms with Crippen LogP contribution in [0.2, 0.25) is 0 Å². The Morgan fingerprint density at radius 2 is 2.07 bits per heavy atom. The SMILES string of the molecule is CCOC(=O)C1=C(c2ccc(NC(=O)c3ncncc3C)cc2)CN(C#N)CC1. The number of aromatic nitrogens is 2. The Morgan fingerprint density at radius 1 is 1.31 bits per heavy atom. The molecule has 2 aromatic rings. The molecule has 0 unspecified atom stereocenters. The van der Waals surface area contributed by atoms with Crippen molar-refractivity contribution in [3.63, 3.8) is 0 Å². The van der Waals surface area contributed by atoms with Gasteiger partial charge < -0.3 is 15.0 Å². The van der Waals surface area contributed by atoms with E-state index < -0.39 is 0 Å². The van der Waals surface area contributed by atoms with E-state index in [0.29, 0.717) is 48.6 Å². The van der Waals surface area contributed by atoms with Crippen molar-refractivity contribution in [1.29, 1.82) is 5.26 Å². The molecular weight excluding hydrogens is 370 g/mol. The van der Waals surface area contributed by atoms with Gasteiger partial charge in [0.2, 0.25) is 0 Å². The van der Waals surface area contributed by atoms with Crippen molar-refractivity contribution in [2.24, 2.45) is 0 Å². The van der Waals surface area contributed by atoms with Crippen LogP contribution in [0, 0.1) is 18.4 Å². The molecule has 2 heterocycles. The number of rotatable bonds is 5. The molecule has 0 spiro atoms. The molecular formula is C21H21N5O3. The Hall–Kier alpha value is -3.73. The summed E-state index contributed by atoms with van der Waals surface area (Å²) < 4.78 is 5.17. The third-order valence-corrected chi connectivity index (χ3v) is 4.61. The molecule has 0 saturated heterocycles. The maximum atomic E-state index is 12.4. The van der Waals surface area contributed by atoms with E-state index in [4.69, 9.17) is 4.74 Å². The smallest absolute Gasteiger partial charge is 0.334 e. The van der Waals surface area contributed by atoms with Crippen LogP contribution in [-0.2, 0) is 9.53 Å². The monoisotopic (exact) mass is 391 g/mol. The predicted octanol–water partition coefficient (Wildman–Crippen LogP) is 2.54. The van der Waals surface area contributed by atoms with E-state index in [-0.39, 0.29) is 11.9 Å². The highest BCUT2D eigenvalue weighted by Crippen LogP contribution is 2.28. The van der Waals surface area contributed by atoms with Crippen LogP contribution in [0.1, 0.15) is 35.0 Å². The average Bonchev–Trinajstić information content (AvgIpc) is 2.74. The fraction of sp³-hybridized carbons (Fsp3) is 0.286. The highest BCUT2D eigenvalue weighted by molar-refractivity contribution is 6.04. The number of hydrogen-bond acceptors (Lipinski definition) is 7. The van der Waals surface area contributed by atoms with E-state index in [1.165, 1.54) is 6.33 Å². The summed E-state index contributed by atoms with van der Waals surface area (Å²) in [7, 11) is 0. The largest absolute Gasteiger partial charge is 0.463 e. The van der Waals surface area contributed by atoms with Gasteiger partial charge in [-0.15, -0.1) is 0 Å². The zero-order valence-electron chi connectivity index (χ0n) is 16.3. The van der Waals surface area contributed by atoms with Gasteiger partial charge in [-0.25, -0.2) is 14.8 Å². The van der Waals surface area contributed by atoms with E-state index in [1.807, 2.05) is 12.1 Å². The van der Waals surface area contributed by atoms with Gasteiger partial charge >= 0.3 is 5.97 Å². The van der Waals surface area contributed by atoms with Gasteiger partial charge in [-0.1, -0.05) is 12.1 Å². The van der Waals surface area contributed by atoms with Crippen LogP contribution in [0.5, 0.6) is 0 Å². The fourth-order valence-corrected chi connectivity index (χ4v) is 3.14. The molecule has 8 nitrogen and oxygen atoms in total. The minimum atomic E-state index is -0.350. The second kappa shape index (κ2) is 8.97. The summed E-state index contributed by atoms with van der Waals surface area (Å²) >= 11 is 0. The predicted molar refractivity (Wildman–Crippen MR) is 107 cm³/mol. The molecule has 0 aliphatic carbocycles. The van der Waals surface area contributed by atoms with E-state index in [1.54, 1.807) is 37.1 Å². The quantitative estimate of drug-likeness (QED) is 0.616. The number of carbonyl (C=O) groups excluding carboxylic acids is 2. The molecule has 1 aliphatic rings. The molecule has 0 radical (unpaired) electrons. The Bertz CT molecular complexity index is 992. The molecule has 0 atom stereocenters. The first kappa shape index (κ1) is 20.0. The van der Waals surface area contributed by atoms with Gasteiger partial charge in [-0.3, -0.25) is 4.79 Å². The zero-order chi connectivity index (χ0) is 20.8. The lowest BCUT2D eigenvalue weighted by Crippen LogP contribution is -2.29. The van der Waals surface area contributed by atoms with Crippen LogP contribution >= 0.6 is 0 Å². The van der Waals surface area contributed by atoms with Gasteiger partial charge in [0.1, 0.15) is 12.0 Å². The lowest BCUT2D eigenvalue weighted by molar-refractivity contribution is -0.138. The van der Waals surface area contributed by atoms with Crippen LogP contribution < -0.4 is 5.32 Å². The normalized spacial score (nSPS) is 13.6. The number of hydrogen-bond donors (Lipinski definition) is 1. The molecule has 1 aliphatic heterocycles. The van der Waals surface area contributed by atoms with Crippen molar-refractivity contribution >= 4 is 23.1 Å². The van der Waals surface area contributed by atoms with Gasteiger partial charge in [-0.05, 0) is 49.1 Å². The summed E-state index contributed by atoms with van der Waals surface area (Å²) in [6.45, 7) is 4.66. The summed E-state index contributed by atoms with van der Waals surface area (Å²) in [5.74, 6) is -0.672. The number of ether oxygens (including phenoxy) is 1. The topological polar surface area (TPSA) is 108 Å². The molecule has 1 aromatic carbocycles. The van der Waals surface area contributed by atoms with E-state index in [0.717, 1.165) is 11.1 Å². The molecule has 3 rings (SSSR count). The van der Waals surface area contributed by atoms with E-state index >= 15 is 0 Å². The number of anilines is 1. The Kier molecular flexibility index (Phi) is 6.19. The standard InChI is InChI=1S/C21H21N5O3/c1-3-29-21(28)17-8-9-26(12-22)11-18(17)15-4-6-16(7-5-15)25-20(27)19-14(2)10-23-13-24-19/h4-7,10,13H,3,8-9,11H2,1-2H3,(H,25,27). The van der Waals surface area contributed by atoms with Crippen LogP contribution in [0.25, 0.3) is 5.57 Å². The molecule has 0 fully saturated rings. The molecule has 1 aromatic heterocycles. The number of nitrogens with zero attached hydrogens (tertiary/aromatic N) is 4. The molecule has 29 heavy (non-hydrogen) atoms. The van der Waals surface area contributed by atoms with Gasteiger partial charge in [0, 0.05) is 24.0 Å². The third-order valence-electron chi connectivity index (χ3n) is 4.61. The highest BCUT2D eigenvalue weighted by Gasteiger charge is 2.25. The number of benzene rings is 1. The van der Waals surface area contributed by atoms with Crippen LogP contribution in [0.4, 0.5) is 5.69 Å². The first-order valence-corrected chi connectivity index (χ1v) is 9.25. The van der Waals surface area contributed by atoms with Crippen LogP contribution in [-0.4, -0.2) is 46.4 Å². The maximum Gasteiger partial charge on any atom is 0.334 e. The van der Waals surface area contributed by atoms with Gasteiger partial charge in [0.15, 0.2) is 6.19 Å². The summed E-state index contributed by atoms with van der Waals surface area (Å²) in [5, 5.41) is 12.0. The molecule has 1 amide bonds. The lowest BCUT2D eigenvalue weighted by Gasteiger charge is -2.26. The Morgan fingerprint density at radius 3 is 2.72 bits per heavy atom. The van der Waals surface area contributed by atoms with Crippen molar-refractivity contribution in [2.75, 3.05) is 25.0 Å². The molecule has 0 saturated carbocycles. The Labute approximate surface area is 168 Å². The van der Waals surface area contributed by atoms with Crippen molar-refractivity contribution in [1.82, 2.24) is 14.9 Å². The number of aryl methyl sites for hydroxylation is 1. The molecule has 0 bridgehead atoms. The average molecular weight is 391 g/mol. The minimum Gasteiger partial charge on any atom is -0.463 e. The Balaban J connectivity index is 1.83. The second-order valence-corrected chi connectivity index (χ2v) is 6.53. The molecule has 8 heteroatoms. The van der Waals surface area contributed by atoms with Crippen LogP contribution in [0.3, 0.4) is 0 Å². The first-order chi connectivity index (χ1) is 14.0. The maximum absolute atomic E-state index is 12.4. The van der Waals surface area contributed by atoms with Crippen molar-refractivity contribution in [2.45, 2.75) is 20.3 Å². The van der Waals surface area contributed by atoms with E-state index in [9.17, 15) is 14.9 Å². The number of nitriles is 1. The van der Waals surface area contributed by atoms with Gasteiger partial charge in [0.05, 0.1) is 13.2 Å². The van der Waals surface area contributed by atoms with Crippen molar-refractivity contribution in [3.8, 4) is 6.19 Å². The lowest BCUT2D eigenvalue weighted by atomic mass is 9.94. The molecule has 148 valence electrons. The van der Waals surface area contributed by atoms with E-state index in [2.05, 4.69) is 21.5 Å². The van der Waals surface area contributed by atoms with Gasteiger partial charge in [-0.2, -0.15) is 5.26 Å². The first-order valence-electron chi connectivity index (χ1n) is 9.25. The summed E-state index contributed by atoms with van der Waals surface area (Å²) in [4.78, 5) is 34.2.